The molecule has 0 fully saturated rings. The van der Waals surface area contributed by atoms with Crippen LogP contribution in [0.2, 0.25) is 0 Å². The van der Waals surface area contributed by atoms with Crippen molar-refractivity contribution in [1.82, 2.24) is 4.98 Å². The lowest BCUT2D eigenvalue weighted by atomic mass is 10.0. The van der Waals surface area contributed by atoms with E-state index in [2.05, 4.69) is 4.98 Å². The molecule has 0 bridgehead atoms. The zero-order valence-electron chi connectivity index (χ0n) is 15.8. The average Bonchev–Trinajstić information content (AvgIpc) is 2.74. The minimum atomic E-state index is -0.741. The summed E-state index contributed by atoms with van der Waals surface area (Å²) < 4.78 is 11.0. The number of hydrogen-bond donors (Lipinski definition) is 2. The van der Waals surface area contributed by atoms with Crippen LogP contribution in [0.25, 0.3) is 21.7 Å². The number of rotatable bonds is 5. The Morgan fingerprint density at radius 1 is 1.03 bits per heavy atom. The van der Waals surface area contributed by atoms with E-state index in [1.54, 1.807) is 19.1 Å². The van der Waals surface area contributed by atoms with Gasteiger partial charge in [-0.2, -0.15) is 0 Å². The van der Waals surface area contributed by atoms with E-state index in [0.717, 1.165) is 5.56 Å². The SMILES string of the molecule is CCOC(=O)c1c[nH]c2c(OCc3ccccc3)c3ccccc3c(O)c2c1=O. The van der Waals surface area contributed by atoms with Crippen LogP contribution in [0.4, 0.5) is 0 Å². The average molecular weight is 389 g/mol. The highest BCUT2D eigenvalue weighted by atomic mass is 16.5. The number of H-pyrrole nitrogens is 1. The second-order valence-electron chi connectivity index (χ2n) is 6.50. The second kappa shape index (κ2) is 7.67. The van der Waals surface area contributed by atoms with Gasteiger partial charge in [-0.1, -0.05) is 54.6 Å². The summed E-state index contributed by atoms with van der Waals surface area (Å²) in [6.45, 7) is 2.09. The van der Waals surface area contributed by atoms with Crippen LogP contribution in [0, 0.1) is 0 Å². The van der Waals surface area contributed by atoms with Crippen LogP contribution in [0.15, 0.2) is 65.6 Å². The van der Waals surface area contributed by atoms with Gasteiger partial charge in [0, 0.05) is 17.0 Å². The Kier molecular flexibility index (Phi) is 4.91. The monoisotopic (exact) mass is 389 g/mol. The molecular weight excluding hydrogens is 370 g/mol. The summed E-state index contributed by atoms with van der Waals surface area (Å²) in [5, 5.41) is 11.9. The van der Waals surface area contributed by atoms with Crippen molar-refractivity contribution in [3.05, 3.63) is 82.1 Å². The number of phenols is 1. The van der Waals surface area contributed by atoms with Crippen LogP contribution in [-0.2, 0) is 11.3 Å². The predicted octanol–water partition coefficient (Wildman–Crippen LogP) is 4.14. The van der Waals surface area contributed by atoms with Crippen molar-refractivity contribution < 1.29 is 19.4 Å². The quantitative estimate of drug-likeness (QED) is 0.396. The fraction of sp³-hybridized carbons (Fsp3) is 0.130. The Morgan fingerprint density at radius 2 is 1.72 bits per heavy atom. The lowest BCUT2D eigenvalue weighted by Crippen LogP contribution is -2.18. The summed E-state index contributed by atoms with van der Waals surface area (Å²) >= 11 is 0. The zero-order valence-corrected chi connectivity index (χ0v) is 15.8. The number of ether oxygens (including phenoxy) is 2. The molecule has 0 radical (unpaired) electrons. The van der Waals surface area contributed by atoms with E-state index in [9.17, 15) is 14.7 Å². The first kappa shape index (κ1) is 18.6. The zero-order chi connectivity index (χ0) is 20.4. The molecule has 6 heteroatoms. The Morgan fingerprint density at radius 3 is 2.45 bits per heavy atom. The summed E-state index contributed by atoms with van der Waals surface area (Å²) in [6, 6.07) is 16.7. The standard InChI is InChI=1S/C23H19NO5/c1-2-28-23(27)17-12-24-19-18(21(17)26)20(25)15-10-6-7-11-16(15)22(19)29-13-14-8-4-3-5-9-14/h3-12,25H,2,13H2,1H3,(H,24,26). The topological polar surface area (TPSA) is 88.6 Å². The number of pyridine rings is 1. The molecule has 0 saturated carbocycles. The fourth-order valence-corrected chi connectivity index (χ4v) is 3.33. The van der Waals surface area contributed by atoms with Crippen molar-refractivity contribution in [2.45, 2.75) is 13.5 Å². The van der Waals surface area contributed by atoms with Crippen LogP contribution >= 0.6 is 0 Å². The number of fused-ring (bicyclic) bond motifs is 2. The lowest BCUT2D eigenvalue weighted by Gasteiger charge is -2.15. The first-order chi connectivity index (χ1) is 14.1. The van der Waals surface area contributed by atoms with Crippen LogP contribution in [0.5, 0.6) is 11.5 Å². The molecule has 3 aromatic carbocycles. The van der Waals surface area contributed by atoms with Gasteiger partial charge in [-0.15, -0.1) is 0 Å². The van der Waals surface area contributed by atoms with Crippen LogP contribution in [0.3, 0.4) is 0 Å². The summed E-state index contributed by atoms with van der Waals surface area (Å²) in [6.07, 6.45) is 1.30. The van der Waals surface area contributed by atoms with E-state index in [1.807, 2.05) is 42.5 Å². The Labute approximate surface area is 166 Å². The molecule has 0 amide bonds. The molecule has 0 aliphatic heterocycles. The maximum atomic E-state index is 13.0. The summed E-state index contributed by atoms with van der Waals surface area (Å²) in [5.74, 6) is -0.505. The second-order valence-corrected chi connectivity index (χ2v) is 6.50. The normalized spacial score (nSPS) is 10.9. The number of aromatic hydroxyl groups is 1. The molecule has 4 rings (SSSR count). The van der Waals surface area contributed by atoms with E-state index in [0.29, 0.717) is 22.0 Å². The van der Waals surface area contributed by atoms with Gasteiger partial charge in [0.2, 0.25) is 5.43 Å². The Balaban J connectivity index is 1.95. The number of carbonyl (C=O) groups is 1. The van der Waals surface area contributed by atoms with Gasteiger partial charge < -0.3 is 19.6 Å². The van der Waals surface area contributed by atoms with Crippen molar-refractivity contribution in [2.75, 3.05) is 6.61 Å². The molecule has 0 unspecified atom stereocenters. The van der Waals surface area contributed by atoms with Gasteiger partial charge in [-0.25, -0.2) is 4.79 Å². The molecule has 1 aromatic heterocycles. The maximum Gasteiger partial charge on any atom is 0.343 e. The van der Waals surface area contributed by atoms with Gasteiger partial charge in [-0.05, 0) is 12.5 Å². The summed E-state index contributed by atoms with van der Waals surface area (Å²) in [5.41, 5.74) is 0.516. The maximum absolute atomic E-state index is 13.0. The number of aromatic amines is 1. The van der Waals surface area contributed by atoms with Crippen molar-refractivity contribution in [1.29, 1.82) is 0 Å². The molecule has 0 saturated heterocycles. The van der Waals surface area contributed by atoms with Crippen molar-refractivity contribution >= 4 is 27.6 Å². The van der Waals surface area contributed by atoms with Crippen molar-refractivity contribution in [3.63, 3.8) is 0 Å². The summed E-state index contributed by atoms with van der Waals surface area (Å²) in [7, 11) is 0. The van der Waals surface area contributed by atoms with Gasteiger partial charge in [0.15, 0.2) is 5.75 Å². The molecule has 2 N–H and O–H groups in total. The largest absolute Gasteiger partial charge is 0.506 e. The van der Waals surface area contributed by atoms with Crippen LogP contribution in [-0.4, -0.2) is 22.7 Å². The van der Waals surface area contributed by atoms with E-state index < -0.39 is 11.4 Å². The Hall–Kier alpha value is -3.80. The smallest absolute Gasteiger partial charge is 0.343 e. The van der Waals surface area contributed by atoms with Crippen LogP contribution < -0.4 is 10.2 Å². The first-order valence-corrected chi connectivity index (χ1v) is 9.24. The lowest BCUT2D eigenvalue weighted by molar-refractivity contribution is 0.0524. The molecule has 1 heterocycles. The van der Waals surface area contributed by atoms with E-state index in [-0.39, 0.29) is 29.9 Å². The highest BCUT2D eigenvalue weighted by Gasteiger charge is 2.22. The van der Waals surface area contributed by atoms with Gasteiger partial charge in [0.1, 0.15) is 17.9 Å². The fourth-order valence-electron chi connectivity index (χ4n) is 3.33. The number of hydrogen-bond acceptors (Lipinski definition) is 5. The highest BCUT2D eigenvalue weighted by molar-refractivity contribution is 6.10. The van der Waals surface area contributed by atoms with E-state index >= 15 is 0 Å². The third kappa shape index (κ3) is 3.29. The molecule has 4 aromatic rings. The third-order valence-electron chi connectivity index (χ3n) is 4.69. The highest BCUT2D eigenvalue weighted by Crippen LogP contribution is 2.40. The number of phenolic OH excluding ortho intramolecular Hbond substituents is 1. The molecule has 0 atom stereocenters. The van der Waals surface area contributed by atoms with E-state index in [1.165, 1.54) is 6.20 Å². The molecule has 29 heavy (non-hydrogen) atoms. The number of carbonyl (C=O) groups excluding carboxylic acids is 1. The van der Waals surface area contributed by atoms with Gasteiger partial charge >= 0.3 is 5.97 Å². The third-order valence-corrected chi connectivity index (χ3v) is 4.69. The number of aromatic nitrogens is 1. The van der Waals surface area contributed by atoms with Gasteiger partial charge in [-0.3, -0.25) is 4.79 Å². The van der Waals surface area contributed by atoms with Gasteiger partial charge in [0.05, 0.1) is 17.5 Å². The minimum Gasteiger partial charge on any atom is -0.506 e. The molecule has 0 aliphatic carbocycles. The molecule has 6 nitrogen and oxygen atoms in total. The molecular formula is C23H19NO5. The van der Waals surface area contributed by atoms with Crippen LogP contribution in [0.1, 0.15) is 22.8 Å². The molecule has 146 valence electrons. The van der Waals surface area contributed by atoms with Crippen molar-refractivity contribution in [3.8, 4) is 11.5 Å². The summed E-state index contributed by atoms with van der Waals surface area (Å²) in [4.78, 5) is 28.1. The minimum absolute atomic E-state index is 0.00249. The first-order valence-electron chi connectivity index (χ1n) is 9.24. The van der Waals surface area contributed by atoms with E-state index in [4.69, 9.17) is 9.47 Å². The van der Waals surface area contributed by atoms with Crippen molar-refractivity contribution in [2.24, 2.45) is 0 Å². The number of nitrogens with one attached hydrogen (secondary N) is 1. The predicted molar refractivity (Wildman–Crippen MR) is 110 cm³/mol. The Bertz CT molecular complexity index is 1260. The number of esters is 1. The van der Waals surface area contributed by atoms with Gasteiger partial charge in [0.25, 0.3) is 0 Å². The molecule has 0 spiro atoms. The number of benzene rings is 3. The molecule has 0 aliphatic rings.